The molecule has 1 aromatic carbocycles. The number of benzene rings is 1. The van der Waals surface area contributed by atoms with Gasteiger partial charge in [0.2, 0.25) is 5.91 Å². The average Bonchev–Trinajstić information content (AvgIpc) is 2.78. The Morgan fingerprint density at radius 1 is 1.50 bits per heavy atom. The summed E-state index contributed by atoms with van der Waals surface area (Å²) in [7, 11) is 1.98. The van der Waals surface area contributed by atoms with E-state index >= 15 is 0 Å². The van der Waals surface area contributed by atoms with Crippen molar-refractivity contribution in [3.8, 4) is 6.07 Å². The second kappa shape index (κ2) is 5.65. The van der Waals surface area contributed by atoms with Gasteiger partial charge in [0.05, 0.1) is 18.5 Å². The van der Waals surface area contributed by atoms with Crippen LogP contribution in [0.1, 0.15) is 18.4 Å². The lowest BCUT2D eigenvalue weighted by Gasteiger charge is -2.18. The number of hydrogen-bond acceptors (Lipinski definition) is 3. The molecular weight excluding hydrogens is 226 g/mol. The molecule has 1 atom stereocenters. The van der Waals surface area contributed by atoms with Crippen LogP contribution in [0.5, 0.6) is 0 Å². The highest BCUT2D eigenvalue weighted by molar-refractivity contribution is 5.95. The fourth-order valence-electron chi connectivity index (χ4n) is 2.26. The summed E-state index contributed by atoms with van der Waals surface area (Å²) in [4.78, 5) is 14.1. The van der Waals surface area contributed by atoms with Crippen molar-refractivity contribution in [1.29, 1.82) is 5.26 Å². The highest BCUT2D eigenvalue weighted by Gasteiger charge is 2.27. The van der Waals surface area contributed by atoms with Crippen molar-refractivity contribution in [1.82, 2.24) is 4.90 Å². The van der Waals surface area contributed by atoms with Crippen LogP contribution in [0.3, 0.4) is 0 Å². The Morgan fingerprint density at radius 3 is 2.78 bits per heavy atom. The van der Waals surface area contributed by atoms with Gasteiger partial charge < -0.3 is 5.32 Å². The van der Waals surface area contributed by atoms with E-state index in [4.69, 9.17) is 5.26 Å². The maximum absolute atomic E-state index is 12.0. The van der Waals surface area contributed by atoms with Gasteiger partial charge in [-0.25, -0.2) is 0 Å². The molecule has 0 radical (unpaired) electrons. The van der Waals surface area contributed by atoms with E-state index < -0.39 is 0 Å². The normalized spacial score (nSPS) is 19.4. The number of nitrogens with one attached hydrogen (secondary N) is 1. The molecule has 4 heteroatoms. The van der Waals surface area contributed by atoms with Gasteiger partial charge >= 0.3 is 0 Å². The third-order valence-electron chi connectivity index (χ3n) is 3.33. The number of anilines is 1. The first kappa shape index (κ1) is 12.6. The summed E-state index contributed by atoms with van der Waals surface area (Å²) < 4.78 is 0. The minimum atomic E-state index is -0.0104. The molecular formula is C14H17N3O. The van der Waals surface area contributed by atoms with Crippen molar-refractivity contribution in [2.45, 2.75) is 25.3 Å². The molecule has 1 aliphatic rings. The molecule has 1 aromatic rings. The number of carbonyl (C=O) groups is 1. The van der Waals surface area contributed by atoms with Crippen LogP contribution in [0.4, 0.5) is 5.69 Å². The lowest BCUT2D eigenvalue weighted by molar-refractivity contribution is -0.119. The monoisotopic (exact) mass is 243 g/mol. The Hall–Kier alpha value is -1.86. The summed E-state index contributed by atoms with van der Waals surface area (Å²) in [6, 6.07) is 9.53. The number of carbonyl (C=O) groups excluding carboxylic acids is 1. The van der Waals surface area contributed by atoms with Gasteiger partial charge in [-0.1, -0.05) is 12.1 Å². The van der Waals surface area contributed by atoms with Crippen LogP contribution in [0, 0.1) is 11.3 Å². The molecule has 0 aromatic heterocycles. The maximum atomic E-state index is 12.0. The zero-order valence-corrected chi connectivity index (χ0v) is 10.5. The van der Waals surface area contributed by atoms with Crippen LogP contribution in [-0.2, 0) is 11.2 Å². The number of nitrogens with zero attached hydrogens (tertiary/aromatic N) is 2. The smallest absolute Gasteiger partial charge is 0.241 e. The number of rotatable bonds is 3. The first-order valence-corrected chi connectivity index (χ1v) is 6.17. The second-order valence-corrected chi connectivity index (χ2v) is 4.66. The molecule has 2 rings (SSSR count). The van der Waals surface area contributed by atoms with Gasteiger partial charge in [0.15, 0.2) is 0 Å². The van der Waals surface area contributed by atoms with E-state index in [2.05, 4.69) is 16.3 Å². The Labute approximate surface area is 107 Å². The summed E-state index contributed by atoms with van der Waals surface area (Å²) in [5.74, 6) is 0.0584. The Bertz CT molecular complexity index is 461. The maximum Gasteiger partial charge on any atom is 0.241 e. The molecule has 0 spiro atoms. The summed E-state index contributed by atoms with van der Waals surface area (Å²) in [5.41, 5.74) is 1.76. The van der Waals surface area contributed by atoms with Crippen molar-refractivity contribution in [3.05, 3.63) is 29.8 Å². The van der Waals surface area contributed by atoms with E-state index in [9.17, 15) is 4.79 Å². The van der Waals surface area contributed by atoms with E-state index in [0.717, 1.165) is 30.6 Å². The van der Waals surface area contributed by atoms with Crippen molar-refractivity contribution in [2.75, 3.05) is 18.9 Å². The Balaban J connectivity index is 1.97. The van der Waals surface area contributed by atoms with Crippen LogP contribution < -0.4 is 5.32 Å². The van der Waals surface area contributed by atoms with Crippen LogP contribution >= 0.6 is 0 Å². The van der Waals surface area contributed by atoms with Crippen molar-refractivity contribution < 1.29 is 4.79 Å². The fraction of sp³-hybridized carbons (Fsp3) is 0.429. The number of hydrogen-bond donors (Lipinski definition) is 1. The minimum absolute atomic E-state index is 0.0104. The second-order valence-electron chi connectivity index (χ2n) is 4.66. The van der Waals surface area contributed by atoms with E-state index in [0.29, 0.717) is 6.42 Å². The molecule has 1 fully saturated rings. The van der Waals surface area contributed by atoms with E-state index in [-0.39, 0.29) is 11.9 Å². The first-order valence-electron chi connectivity index (χ1n) is 6.17. The molecule has 1 heterocycles. The molecule has 1 saturated heterocycles. The fourth-order valence-corrected chi connectivity index (χ4v) is 2.26. The largest absolute Gasteiger partial charge is 0.325 e. The summed E-state index contributed by atoms with van der Waals surface area (Å²) >= 11 is 0. The highest BCUT2D eigenvalue weighted by atomic mass is 16.2. The zero-order chi connectivity index (χ0) is 13.0. The number of likely N-dealkylation sites (tertiary alicyclic amines) is 1. The summed E-state index contributed by atoms with van der Waals surface area (Å²) in [5, 5.41) is 11.5. The van der Waals surface area contributed by atoms with Crippen molar-refractivity contribution >= 4 is 11.6 Å². The quantitative estimate of drug-likeness (QED) is 0.880. The van der Waals surface area contributed by atoms with Crippen LogP contribution in [0.15, 0.2) is 24.3 Å². The van der Waals surface area contributed by atoms with Crippen molar-refractivity contribution in [2.24, 2.45) is 0 Å². The molecule has 18 heavy (non-hydrogen) atoms. The SMILES string of the molecule is CN1CCC[C@@H]1C(=O)Nc1ccc(CC#N)cc1. The van der Waals surface area contributed by atoms with E-state index in [1.165, 1.54) is 0 Å². The Morgan fingerprint density at radius 2 is 2.22 bits per heavy atom. The predicted octanol–water partition coefficient (Wildman–Crippen LogP) is 1.79. The first-order chi connectivity index (χ1) is 8.70. The van der Waals surface area contributed by atoms with E-state index in [1.807, 2.05) is 31.3 Å². The topological polar surface area (TPSA) is 56.1 Å². The lowest BCUT2D eigenvalue weighted by atomic mass is 10.1. The van der Waals surface area contributed by atoms with Gasteiger partial charge in [0.1, 0.15) is 0 Å². The molecule has 4 nitrogen and oxygen atoms in total. The number of nitriles is 1. The molecule has 0 aliphatic carbocycles. The molecule has 1 aliphatic heterocycles. The van der Waals surface area contributed by atoms with Gasteiger partial charge in [-0.3, -0.25) is 9.69 Å². The standard InChI is InChI=1S/C14H17N3O/c1-17-10-2-3-13(17)14(18)16-12-6-4-11(5-7-12)8-9-15/h4-7,13H,2-3,8,10H2,1H3,(H,16,18)/t13-/m1/s1. The van der Waals surface area contributed by atoms with Gasteiger partial charge in [-0.2, -0.15) is 5.26 Å². The molecule has 0 saturated carbocycles. The molecule has 94 valence electrons. The summed E-state index contributed by atoms with van der Waals surface area (Å²) in [6.07, 6.45) is 2.41. The summed E-state index contributed by atoms with van der Waals surface area (Å²) in [6.45, 7) is 0.985. The van der Waals surface area contributed by atoms with Crippen LogP contribution in [-0.4, -0.2) is 30.4 Å². The minimum Gasteiger partial charge on any atom is -0.325 e. The molecule has 1 N–H and O–H groups in total. The van der Waals surface area contributed by atoms with Gasteiger partial charge in [0, 0.05) is 5.69 Å². The van der Waals surface area contributed by atoms with Crippen LogP contribution in [0.25, 0.3) is 0 Å². The number of likely N-dealkylation sites (N-methyl/N-ethyl adjacent to an activating group) is 1. The predicted molar refractivity (Wildman–Crippen MR) is 70.0 cm³/mol. The third kappa shape index (κ3) is 2.88. The number of amides is 1. The highest BCUT2D eigenvalue weighted by Crippen LogP contribution is 2.17. The molecule has 1 amide bonds. The van der Waals surface area contributed by atoms with Crippen molar-refractivity contribution in [3.63, 3.8) is 0 Å². The van der Waals surface area contributed by atoms with Crippen LogP contribution in [0.2, 0.25) is 0 Å². The van der Waals surface area contributed by atoms with Gasteiger partial charge in [0.25, 0.3) is 0 Å². The van der Waals surface area contributed by atoms with E-state index in [1.54, 1.807) is 0 Å². The third-order valence-corrected chi connectivity index (χ3v) is 3.33. The molecule has 0 bridgehead atoms. The lowest BCUT2D eigenvalue weighted by Crippen LogP contribution is -2.37. The Kier molecular flexibility index (Phi) is 3.96. The average molecular weight is 243 g/mol. The van der Waals surface area contributed by atoms with Gasteiger partial charge in [-0.15, -0.1) is 0 Å². The zero-order valence-electron chi connectivity index (χ0n) is 10.5. The molecule has 0 unspecified atom stereocenters. The van der Waals surface area contributed by atoms with Gasteiger partial charge in [-0.05, 0) is 44.1 Å².